The van der Waals surface area contributed by atoms with Crippen LogP contribution >= 0.6 is 0 Å². The van der Waals surface area contributed by atoms with E-state index in [-0.39, 0.29) is 30.4 Å². The first-order valence-corrected chi connectivity index (χ1v) is 5.92. The van der Waals surface area contributed by atoms with Gasteiger partial charge < -0.3 is 5.11 Å². The van der Waals surface area contributed by atoms with Crippen molar-refractivity contribution in [2.24, 2.45) is 0 Å². The highest BCUT2D eigenvalue weighted by atomic mass is 16.6. The maximum Gasteiger partial charge on any atom is 0.303 e. The number of hydrogen-bond donors (Lipinski definition) is 1. The standard InChI is InChI=1S/C12H12N2O7/c1-7-9(13(18)19)5-8(6-10(7)14(20)21)11(15)3-2-4-12(16)17/h5-6H,2-4H2,1H3,(H,16,17). The second-order valence-electron chi connectivity index (χ2n) is 4.32. The van der Waals surface area contributed by atoms with E-state index in [9.17, 15) is 29.8 Å². The summed E-state index contributed by atoms with van der Waals surface area (Å²) in [4.78, 5) is 42.4. The predicted molar refractivity (Wildman–Crippen MR) is 70.3 cm³/mol. The topological polar surface area (TPSA) is 141 Å². The molecule has 0 heterocycles. The second kappa shape index (κ2) is 6.55. The Hall–Kier alpha value is -2.84. The average molecular weight is 296 g/mol. The zero-order valence-electron chi connectivity index (χ0n) is 11.1. The number of carboxylic acids is 1. The van der Waals surface area contributed by atoms with E-state index in [1.807, 2.05) is 0 Å². The van der Waals surface area contributed by atoms with Crippen LogP contribution in [0, 0.1) is 27.2 Å². The minimum absolute atomic E-state index is 0.0592. The molecule has 1 aromatic carbocycles. The van der Waals surface area contributed by atoms with Gasteiger partial charge in [-0.05, 0) is 13.3 Å². The molecule has 0 saturated carbocycles. The molecule has 0 atom stereocenters. The van der Waals surface area contributed by atoms with Crippen molar-refractivity contribution < 1.29 is 24.5 Å². The Morgan fingerprint density at radius 2 is 1.57 bits per heavy atom. The van der Waals surface area contributed by atoms with E-state index in [0.717, 1.165) is 12.1 Å². The van der Waals surface area contributed by atoms with Crippen LogP contribution in [-0.4, -0.2) is 26.7 Å². The Bertz CT molecular complexity index is 589. The van der Waals surface area contributed by atoms with Crippen LogP contribution in [0.3, 0.4) is 0 Å². The van der Waals surface area contributed by atoms with Crippen LogP contribution in [0.4, 0.5) is 11.4 Å². The number of rotatable bonds is 7. The summed E-state index contributed by atoms with van der Waals surface area (Å²) in [5.74, 6) is -1.63. The van der Waals surface area contributed by atoms with E-state index in [4.69, 9.17) is 5.11 Å². The van der Waals surface area contributed by atoms with Gasteiger partial charge in [-0.3, -0.25) is 29.8 Å². The van der Waals surface area contributed by atoms with E-state index >= 15 is 0 Å². The van der Waals surface area contributed by atoms with E-state index < -0.39 is 33.0 Å². The van der Waals surface area contributed by atoms with Crippen LogP contribution in [0.1, 0.15) is 35.2 Å². The number of Topliss-reactive ketones (excluding diaryl/α,β-unsaturated/α-hetero) is 1. The number of nitro groups is 2. The summed E-state index contributed by atoms with van der Waals surface area (Å²) >= 11 is 0. The summed E-state index contributed by atoms with van der Waals surface area (Å²) in [7, 11) is 0. The van der Waals surface area contributed by atoms with Gasteiger partial charge in [-0.25, -0.2) is 0 Å². The molecular formula is C12H12N2O7. The number of hydrogen-bond acceptors (Lipinski definition) is 6. The third kappa shape index (κ3) is 4.06. The molecule has 9 heteroatoms. The first kappa shape index (κ1) is 16.2. The smallest absolute Gasteiger partial charge is 0.303 e. The van der Waals surface area contributed by atoms with Crippen molar-refractivity contribution in [2.45, 2.75) is 26.2 Å². The fourth-order valence-electron chi connectivity index (χ4n) is 1.77. The highest BCUT2D eigenvalue weighted by molar-refractivity contribution is 5.97. The zero-order valence-corrected chi connectivity index (χ0v) is 11.1. The summed E-state index contributed by atoms with van der Waals surface area (Å²) in [6.07, 6.45) is -0.310. The Balaban J connectivity index is 3.12. The molecule has 0 unspecified atom stereocenters. The van der Waals surface area contributed by atoms with Gasteiger partial charge in [0.2, 0.25) is 0 Å². The normalized spacial score (nSPS) is 10.1. The summed E-state index contributed by atoms with van der Waals surface area (Å²) < 4.78 is 0. The van der Waals surface area contributed by atoms with E-state index in [1.54, 1.807) is 0 Å². The lowest BCUT2D eigenvalue weighted by Crippen LogP contribution is -2.05. The highest BCUT2D eigenvalue weighted by Crippen LogP contribution is 2.30. The first-order valence-electron chi connectivity index (χ1n) is 5.92. The molecule has 0 spiro atoms. The summed E-state index contributed by atoms with van der Waals surface area (Å²) in [5.41, 5.74) is -1.31. The third-order valence-electron chi connectivity index (χ3n) is 2.86. The fourth-order valence-corrected chi connectivity index (χ4v) is 1.77. The van der Waals surface area contributed by atoms with Crippen LogP contribution in [-0.2, 0) is 4.79 Å². The van der Waals surface area contributed by atoms with Gasteiger partial charge in [0.05, 0.1) is 9.85 Å². The summed E-state index contributed by atoms with van der Waals surface area (Å²) in [6.45, 7) is 1.23. The van der Waals surface area contributed by atoms with Crippen LogP contribution in [0.2, 0.25) is 0 Å². The fraction of sp³-hybridized carbons (Fsp3) is 0.333. The molecule has 1 N–H and O–H groups in total. The SMILES string of the molecule is Cc1c([N+](=O)[O-])cc(C(=O)CCCC(=O)O)cc1[N+](=O)[O-]. The first-order chi connectivity index (χ1) is 9.73. The van der Waals surface area contributed by atoms with Crippen molar-refractivity contribution in [3.05, 3.63) is 43.5 Å². The lowest BCUT2D eigenvalue weighted by molar-refractivity contribution is -0.395. The molecule has 0 aliphatic heterocycles. The maximum absolute atomic E-state index is 11.8. The average Bonchev–Trinajstić information content (AvgIpc) is 2.37. The number of carboxylic acid groups (broad SMARTS) is 1. The Morgan fingerprint density at radius 1 is 1.10 bits per heavy atom. The molecule has 112 valence electrons. The van der Waals surface area contributed by atoms with Crippen LogP contribution < -0.4 is 0 Å². The molecule has 0 bridgehead atoms. The Kier molecular flexibility index (Phi) is 5.06. The summed E-state index contributed by atoms with van der Waals surface area (Å²) in [5, 5.41) is 30.2. The number of ketones is 1. The minimum atomic E-state index is -1.07. The molecule has 9 nitrogen and oxygen atoms in total. The number of nitrogens with zero attached hydrogens (tertiary/aromatic N) is 2. The van der Waals surface area contributed by atoms with Gasteiger partial charge in [-0.2, -0.15) is 0 Å². The number of carbonyl (C=O) groups excluding carboxylic acids is 1. The monoisotopic (exact) mass is 296 g/mol. The number of nitro benzene ring substituents is 2. The molecule has 1 rings (SSSR count). The number of aliphatic carboxylic acids is 1. The second-order valence-corrected chi connectivity index (χ2v) is 4.32. The maximum atomic E-state index is 11.8. The number of benzene rings is 1. The minimum Gasteiger partial charge on any atom is -0.481 e. The van der Waals surface area contributed by atoms with Gasteiger partial charge in [0, 0.05) is 30.5 Å². The van der Waals surface area contributed by atoms with Crippen molar-refractivity contribution in [2.75, 3.05) is 0 Å². The van der Waals surface area contributed by atoms with Gasteiger partial charge in [0.1, 0.15) is 5.56 Å². The number of carbonyl (C=O) groups is 2. The van der Waals surface area contributed by atoms with Gasteiger partial charge in [-0.15, -0.1) is 0 Å². The zero-order chi connectivity index (χ0) is 16.2. The van der Waals surface area contributed by atoms with Gasteiger partial charge in [0.25, 0.3) is 11.4 Å². The van der Waals surface area contributed by atoms with Crippen LogP contribution in [0.5, 0.6) is 0 Å². The predicted octanol–water partition coefficient (Wildman–Crippen LogP) is 2.25. The van der Waals surface area contributed by atoms with Crippen molar-refractivity contribution in [3.63, 3.8) is 0 Å². The molecule has 21 heavy (non-hydrogen) atoms. The van der Waals surface area contributed by atoms with Gasteiger partial charge >= 0.3 is 5.97 Å². The summed E-state index contributed by atoms with van der Waals surface area (Å²) in [6, 6.07) is 1.96. The van der Waals surface area contributed by atoms with Crippen molar-refractivity contribution in [1.29, 1.82) is 0 Å². The molecule has 0 aliphatic rings. The van der Waals surface area contributed by atoms with Crippen LogP contribution in [0.25, 0.3) is 0 Å². The van der Waals surface area contributed by atoms with Crippen molar-refractivity contribution >= 4 is 23.1 Å². The highest BCUT2D eigenvalue weighted by Gasteiger charge is 2.25. The molecule has 0 aromatic heterocycles. The molecule has 0 saturated heterocycles. The molecule has 1 aromatic rings. The van der Waals surface area contributed by atoms with E-state index in [0.29, 0.717) is 0 Å². The van der Waals surface area contributed by atoms with Crippen LogP contribution in [0.15, 0.2) is 12.1 Å². The quantitative estimate of drug-likeness (QED) is 0.462. The van der Waals surface area contributed by atoms with E-state index in [1.165, 1.54) is 6.92 Å². The third-order valence-corrected chi connectivity index (χ3v) is 2.86. The van der Waals surface area contributed by atoms with E-state index in [2.05, 4.69) is 0 Å². The molecule has 0 amide bonds. The molecular weight excluding hydrogens is 284 g/mol. The van der Waals surface area contributed by atoms with Crippen molar-refractivity contribution in [1.82, 2.24) is 0 Å². The largest absolute Gasteiger partial charge is 0.481 e. The Labute approximate surface area is 118 Å². The lowest BCUT2D eigenvalue weighted by atomic mass is 10.0. The Morgan fingerprint density at radius 3 is 1.95 bits per heavy atom. The molecule has 0 fully saturated rings. The molecule has 0 aliphatic carbocycles. The van der Waals surface area contributed by atoms with Crippen molar-refractivity contribution in [3.8, 4) is 0 Å². The lowest BCUT2D eigenvalue weighted by Gasteiger charge is -2.04. The van der Waals surface area contributed by atoms with Gasteiger partial charge in [-0.1, -0.05) is 0 Å². The van der Waals surface area contributed by atoms with Gasteiger partial charge in [0.15, 0.2) is 5.78 Å². The molecule has 0 radical (unpaired) electrons.